The highest BCUT2D eigenvalue weighted by Crippen LogP contribution is 2.27. The van der Waals surface area contributed by atoms with E-state index in [9.17, 15) is 31.5 Å². The standard InChI is InChI=1S/C7H6F5NO2/c8-6(9)3-13(2-1-4(6)14)5(15)7(10,11)12/h1-3H2. The predicted octanol–water partition coefficient (Wildman–Crippen LogP) is 0.985. The number of piperidine rings is 1. The molecule has 1 aliphatic heterocycles. The van der Waals surface area contributed by atoms with Gasteiger partial charge in [-0.25, -0.2) is 0 Å². The van der Waals surface area contributed by atoms with Crippen molar-refractivity contribution in [1.82, 2.24) is 4.90 Å². The molecule has 0 atom stereocenters. The lowest BCUT2D eigenvalue weighted by Gasteiger charge is -2.31. The van der Waals surface area contributed by atoms with Crippen LogP contribution in [0, 0.1) is 0 Å². The van der Waals surface area contributed by atoms with E-state index in [1.54, 1.807) is 0 Å². The van der Waals surface area contributed by atoms with Crippen LogP contribution in [0.3, 0.4) is 0 Å². The van der Waals surface area contributed by atoms with E-state index >= 15 is 0 Å². The number of ketones is 1. The van der Waals surface area contributed by atoms with Crippen molar-refractivity contribution in [1.29, 1.82) is 0 Å². The van der Waals surface area contributed by atoms with E-state index in [0.717, 1.165) is 0 Å². The smallest absolute Gasteiger partial charge is 0.328 e. The second-order valence-electron chi connectivity index (χ2n) is 3.10. The maximum atomic E-state index is 12.7. The summed E-state index contributed by atoms with van der Waals surface area (Å²) in [7, 11) is 0. The molecule has 15 heavy (non-hydrogen) atoms. The van der Waals surface area contributed by atoms with Gasteiger partial charge in [-0.3, -0.25) is 9.59 Å². The summed E-state index contributed by atoms with van der Waals surface area (Å²) in [6, 6.07) is 0. The average Bonchev–Trinajstić information content (AvgIpc) is 2.07. The molecule has 0 unspecified atom stereocenters. The first-order valence-electron chi connectivity index (χ1n) is 3.92. The average molecular weight is 231 g/mol. The van der Waals surface area contributed by atoms with Crippen molar-refractivity contribution in [2.75, 3.05) is 13.1 Å². The van der Waals surface area contributed by atoms with Crippen molar-refractivity contribution in [3.05, 3.63) is 0 Å². The summed E-state index contributed by atoms with van der Waals surface area (Å²) in [4.78, 5) is 21.1. The van der Waals surface area contributed by atoms with Crippen molar-refractivity contribution in [3.8, 4) is 0 Å². The molecular weight excluding hydrogens is 225 g/mol. The van der Waals surface area contributed by atoms with Crippen molar-refractivity contribution < 1.29 is 31.5 Å². The summed E-state index contributed by atoms with van der Waals surface area (Å²) in [5.74, 6) is -7.65. The van der Waals surface area contributed by atoms with E-state index in [1.807, 2.05) is 0 Å². The number of hydrogen-bond donors (Lipinski definition) is 0. The Hall–Kier alpha value is -1.21. The number of hydrogen-bond acceptors (Lipinski definition) is 2. The highest BCUT2D eigenvalue weighted by atomic mass is 19.4. The minimum Gasteiger partial charge on any atom is -0.328 e. The molecule has 1 aliphatic rings. The molecule has 1 heterocycles. The summed E-state index contributed by atoms with van der Waals surface area (Å²) in [5.41, 5.74) is 0. The van der Waals surface area contributed by atoms with Crippen molar-refractivity contribution >= 4 is 11.7 Å². The molecule has 0 bridgehead atoms. The van der Waals surface area contributed by atoms with Gasteiger partial charge in [-0.05, 0) is 0 Å². The largest absolute Gasteiger partial charge is 0.471 e. The Labute approximate surface area is 80.8 Å². The molecule has 1 rings (SSSR count). The lowest BCUT2D eigenvalue weighted by molar-refractivity contribution is -0.192. The third-order valence-corrected chi connectivity index (χ3v) is 1.94. The first-order valence-corrected chi connectivity index (χ1v) is 3.92. The summed E-state index contributed by atoms with van der Waals surface area (Å²) in [5, 5.41) is 0. The van der Waals surface area contributed by atoms with Gasteiger partial charge in [-0.15, -0.1) is 0 Å². The second-order valence-corrected chi connectivity index (χ2v) is 3.10. The normalized spacial score (nSPS) is 21.7. The first-order chi connectivity index (χ1) is 6.64. The molecule has 0 N–H and O–H groups in total. The van der Waals surface area contributed by atoms with Gasteiger partial charge in [0.2, 0.25) is 5.78 Å². The van der Waals surface area contributed by atoms with Crippen LogP contribution in [0.1, 0.15) is 6.42 Å². The van der Waals surface area contributed by atoms with Gasteiger partial charge in [0, 0.05) is 13.0 Å². The topological polar surface area (TPSA) is 37.4 Å². The molecule has 1 fully saturated rings. The van der Waals surface area contributed by atoms with E-state index in [1.165, 1.54) is 0 Å². The zero-order valence-electron chi connectivity index (χ0n) is 7.27. The fourth-order valence-electron chi connectivity index (χ4n) is 1.18. The van der Waals surface area contributed by atoms with Gasteiger partial charge in [0.15, 0.2) is 0 Å². The number of carbonyl (C=O) groups is 2. The first kappa shape index (κ1) is 11.9. The molecule has 86 valence electrons. The fraction of sp³-hybridized carbons (Fsp3) is 0.714. The van der Waals surface area contributed by atoms with Crippen LogP contribution < -0.4 is 0 Å². The molecule has 0 spiro atoms. The third kappa shape index (κ3) is 2.42. The Bertz CT molecular complexity index is 298. The van der Waals surface area contributed by atoms with Crippen LogP contribution in [-0.4, -0.2) is 41.8 Å². The maximum Gasteiger partial charge on any atom is 0.471 e. The summed E-state index contributed by atoms with van der Waals surface area (Å²) < 4.78 is 61.0. The minimum atomic E-state index is -5.18. The van der Waals surface area contributed by atoms with Gasteiger partial charge < -0.3 is 4.90 Å². The van der Waals surface area contributed by atoms with Crippen LogP contribution in [0.25, 0.3) is 0 Å². The fourth-order valence-corrected chi connectivity index (χ4v) is 1.18. The molecule has 8 heteroatoms. The van der Waals surface area contributed by atoms with Crippen molar-refractivity contribution in [2.45, 2.75) is 18.5 Å². The zero-order valence-corrected chi connectivity index (χ0v) is 7.27. The molecule has 0 aromatic heterocycles. The quantitative estimate of drug-likeness (QED) is 0.583. The highest BCUT2D eigenvalue weighted by Gasteiger charge is 2.50. The van der Waals surface area contributed by atoms with Crippen molar-refractivity contribution in [3.63, 3.8) is 0 Å². The maximum absolute atomic E-state index is 12.7. The van der Waals surface area contributed by atoms with Gasteiger partial charge in [-0.2, -0.15) is 22.0 Å². The van der Waals surface area contributed by atoms with Gasteiger partial charge in [0.05, 0.1) is 6.54 Å². The number of rotatable bonds is 0. The number of nitrogens with zero attached hydrogens (tertiary/aromatic N) is 1. The summed E-state index contributed by atoms with van der Waals surface area (Å²) >= 11 is 0. The lowest BCUT2D eigenvalue weighted by Crippen LogP contribution is -2.54. The Morgan fingerprint density at radius 2 is 1.87 bits per heavy atom. The zero-order chi connectivity index (χ0) is 11.9. The molecule has 1 saturated heterocycles. The van der Waals surface area contributed by atoms with E-state index in [2.05, 4.69) is 0 Å². The third-order valence-electron chi connectivity index (χ3n) is 1.94. The van der Waals surface area contributed by atoms with Gasteiger partial charge in [-0.1, -0.05) is 0 Å². The number of alkyl halides is 5. The van der Waals surface area contributed by atoms with Crippen LogP contribution in [0.2, 0.25) is 0 Å². The van der Waals surface area contributed by atoms with Crippen LogP contribution in [0.5, 0.6) is 0 Å². The lowest BCUT2D eigenvalue weighted by atomic mass is 10.1. The Balaban J connectivity index is 2.76. The van der Waals surface area contributed by atoms with E-state index in [-0.39, 0.29) is 4.90 Å². The number of amides is 1. The van der Waals surface area contributed by atoms with Crippen LogP contribution in [0.4, 0.5) is 22.0 Å². The molecule has 1 amide bonds. The van der Waals surface area contributed by atoms with E-state index < -0.39 is 43.3 Å². The molecule has 0 aromatic rings. The minimum absolute atomic E-state index is 0.0542. The second kappa shape index (κ2) is 3.42. The summed E-state index contributed by atoms with van der Waals surface area (Å²) in [6.07, 6.45) is -5.94. The van der Waals surface area contributed by atoms with Crippen molar-refractivity contribution in [2.24, 2.45) is 0 Å². The van der Waals surface area contributed by atoms with Crippen LogP contribution in [0.15, 0.2) is 0 Å². The Kier molecular flexibility index (Phi) is 2.71. The molecule has 0 saturated carbocycles. The van der Waals surface area contributed by atoms with E-state index in [0.29, 0.717) is 0 Å². The molecule has 0 aliphatic carbocycles. The summed E-state index contributed by atoms with van der Waals surface area (Å²) in [6.45, 7) is -2.11. The van der Waals surface area contributed by atoms with Crippen LogP contribution in [-0.2, 0) is 9.59 Å². The molecule has 0 radical (unpaired) electrons. The molecular formula is C7H6F5NO2. The number of Topliss-reactive ketones (excluding diaryl/α,β-unsaturated/α-hetero) is 1. The number of carbonyl (C=O) groups excluding carboxylic acids is 2. The molecule has 0 aromatic carbocycles. The van der Waals surface area contributed by atoms with E-state index in [4.69, 9.17) is 0 Å². The Morgan fingerprint density at radius 3 is 2.27 bits per heavy atom. The number of likely N-dealkylation sites (tertiary alicyclic amines) is 1. The highest BCUT2D eigenvalue weighted by molar-refractivity contribution is 5.90. The number of halogens is 5. The van der Waals surface area contributed by atoms with Gasteiger partial charge in [0.1, 0.15) is 0 Å². The van der Waals surface area contributed by atoms with Crippen LogP contribution >= 0.6 is 0 Å². The molecule has 3 nitrogen and oxygen atoms in total. The van der Waals surface area contributed by atoms with Gasteiger partial charge >= 0.3 is 18.0 Å². The SMILES string of the molecule is O=C(N1CCC(=O)C(F)(F)C1)C(F)(F)F. The Morgan fingerprint density at radius 1 is 1.33 bits per heavy atom. The van der Waals surface area contributed by atoms with Gasteiger partial charge in [0.25, 0.3) is 0 Å². The monoisotopic (exact) mass is 231 g/mol. The predicted molar refractivity (Wildman–Crippen MR) is 37.2 cm³/mol.